The lowest BCUT2D eigenvalue weighted by atomic mass is 10.4. The van der Waals surface area contributed by atoms with E-state index in [-0.39, 0.29) is 22.4 Å². The summed E-state index contributed by atoms with van der Waals surface area (Å²) in [4.78, 5) is 11.9. The van der Waals surface area contributed by atoms with E-state index in [1.807, 2.05) is 17.5 Å². The molecule has 2 rings (SSSR count). The topological polar surface area (TPSA) is 74.7 Å². The van der Waals surface area contributed by atoms with Crippen molar-refractivity contribution >= 4 is 38.7 Å². The lowest BCUT2D eigenvalue weighted by Gasteiger charge is -2.24. The molecule has 0 radical (unpaired) electrons. The number of rotatable bonds is 6. The molecule has 8 heteroatoms. The Bertz CT molecular complexity index is 716. The highest BCUT2D eigenvalue weighted by Gasteiger charge is 2.29. The monoisotopic (exact) mass is 345 g/mol. The first-order valence-corrected chi connectivity index (χ1v) is 9.38. The number of carboxylic acids is 1. The van der Waals surface area contributed by atoms with Crippen LogP contribution in [0.3, 0.4) is 0 Å². The zero-order valence-electron chi connectivity index (χ0n) is 11.5. The first-order chi connectivity index (χ1) is 9.82. The Morgan fingerprint density at radius 1 is 1.38 bits per heavy atom. The highest BCUT2D eigenvalue weighted by Crippen LogP contribution is 2.26. The van der Waals surface area contributed by atoms with Gasteiger partial charge >= 0.3 is 5.97 Å². The summed E-state index contributed by atoms with van der Waals surface area (Å²) in [7, 11) is -3.70. The van der Waals surface area contributed by atoms with Crippen LogP contribution < -0.4 is 0 Å². The smallest absolute Gasteiger partial charge is 0.345 e. The summed E-state index contributed by atoms with van der Waals surface area (Å²) in [6.45, 7) is 3.89. The molecule has 2 aromatic rings. The van der Waals surface area contributed by atoms with Gasteiger partial charge in [0, 0.05) is 22.8 Å². The molecule has 0 bridgehead atoms. The van der Waals surface area contributed by atoms with Gasteiger partial charge in [0.1, 0.15) is 4.88 Å². The predicted octanol–water partition coefficient (Wildman–Crippen LogP) is 3.11. The van der Waals surface area contributed by atoms with Crippen LogP contribution >= 0.6 is 22.7 Å². The minimum atomic E-state index is -3.70. The summed E-state index contributed by atoms with van der Waals surface area (Å²) in [6.07, 6.45) is 0. The number of aromatic carboxylic acids is 1. The molecule has 0 unspecified atom stereocenters. The van der Waals surface area contributed by atoms with Gasteiger partial charge in [-0.25, -0.2) is 13.2 Å². The number of hydrogen-bond donors (Lipinski definition) is 1. The lowest BCUT2D eigenvalue weighted by Crippen LogP contribution is -2.36. The van der Waals surface area contributed by atoms with E-state index in [0.717, 1.165) is 16.2 Å². The highest BCUT2D eigenvalue weighted by atomic mass is 32.2. The molecule has 2 heterocycles. The van der Waals surface area contributed by atoms with Crippen LogP contribution in [0.25, 0.3) is 0 Å². The fourth-order valence-electron chi connectivity index (χ4n) is 1.80. The average Bonchev–Trinajstić information content (AvgIpc) is 3.06. The SMILES string of the molecule is CC(C)N(Cc1cccs1)S(=O)(=O)c1csc(C(=O)O)c1. The van der Waals surface area contributed by atoms with E-state index in [2.05, 4.69) is 0 Å². The molecular weight excluding hydrogens is 330 g/mol. The molecule has 114 valence electrons. The molecule has 0 atom stereocenters. The normalized spacial score (nSPS) is 12.2. The number of carbonyl (C=O) groups is 1. The molecule has 0 aliphatic heterocycles. The van der Waals surface area contributed by atoms with Crippen LogP contribution in [0, 0.1) is 0 Å². The summed E-state index contributed by atoms with van der Waals surface area (Å²) in [5.74, 6) is -1.11. The molecule has 2 aromatic heterocycles. The summed E-state index contributed by atoms with van der Waals surface area (Å²) in [6, 6.07) is 4.75. The largest absolute Gasteiger partial charge is 0.477 e. The quantitative estimate of drug-likeness (QED) is 0.873. The fourth-order valence-corrected chi connectivity index (χ4v) is 5.30. The Labute approximate surface area is 131 Å². The van der Waals surface area contributed by atoms with Crippen LogP contribution in [0.15, 0.2) is 33.9 Å². The maximum atomic E-state index is 12.7. The second kappa shape index (κ2) is 6.27. The first kappa shape index (κ1) is 16.2. The Morgan fingerprint density at radius 3 is 2.57 bits per heavy atom. The molecule has 0 fully saturated rings. The van der Waals surface area contributed by atoms with Gasteiger partial charge in [0.15, 0.2) is 0 Å². The van der Waals surface area contributed by atoms with Crippen molar-refractivity contribution in [2.45, 2.75) is 31.3 Å². The van der Waals surface area contributed by atoms with Crippen molar-refractivity contribution in [2.24, 2.45) is 0 Å². The molecule has 0 aromatic carbocycles. The number of thiophene rings is 2. The molecule has 1 N–H and O–H groups in total. The molecule has 21 heavy (non-hydrogen) atoms. The molecule has 0 amide bonds. The summed E-state index contributed by atoms with van der Waals surface area (Å²) in [5.41, 5.74) is 0. The standard InChI is InChI=1S/C13H15NO4S3/c1-9(2)14(7-10-4-3-5-19-10)21(17,18)11-6-12(13(15)16)20-8-11/h3-6,8-9H,7H2,1-2H3,(H,15,16). The third-order valence-electron chi connectivity index (χ3n) is 2.86. The molecule has 5 nitrogen and oxygen atoms in total. The van der Waals surface area contributed by atoms with Gasteiger partial charge in [0.05, 0.1) is 4.90 Å². The van der Waals surface area contributed by atoms with Crippen molar-refractivity contribution in [3.05, 3.63) is 38.7 Å². The third kappa shape index (κ3) is 3.52. The number of nitrogens with zero attached hydrogens (tertiary/aromatic N) is 1. The van der Waals surface area contributed by atoms with Crippen LogP contribution in [0.4, 0.5) is 0 Å². The van der Waals surface area contributed by atoms with Gasteiger partial charge in [0.2, 0.25) is 10.0 Å². The minimum absolute atomic E-state index is 0.0217. The van der Waals surface area contributed by atoms with Crippen LogP contribution in [0.1, 0.15) is 28.4 Å². The predicted molar refractivity (Wildman–Crippen MR) is 83.5 cm³/mol. The Balaban J connectivity index is 2.35. The van der Waals surface area contributed by atoms with E-state index in [9.17, 15) is 13.2 Å². The van der Waals surface area contributed by atoms with Gasteiger partial charge < -0.3 is 5.11 Å². The van der Waals surface area contributed by atoms with Crippen molar-refractivity contribution in [3.8, 4) is 0 Å². The maximum Gasteiger partial charge on any atom is 0.345 e. The Hall–Kier alpha value is -1.22. The number of carboxylic acid groups (broad SMARTS) is 1. The van der Waals surface area contributed by atoms with E-state index in [4.69, 9.17) is 5.11 Å². The van der Waals surface area contributed by atoms with Gasteiger partial charge in [0.25, 0.3) is 0 Å². The third-order valence-corrected chi connectivity index (χ3v) is 6.79. The van der Waals surface area contributed by atoms with E-state index < -0.39 is 16.0 Å². The Morgan fingerprint density at radius 2 is 2.10 bits per heavy atom. The first-order valence-electron chi connectivity index (χ1n) is 6.18. The van der Waals surface area contributed by atoms with Crippen LogP contribution in [-0.2, 0) is 16.6 Å². The average molecular weight is 345 g/mol. The highest BCUT2D eigenvalue weighted by molar-refractivity contribution is 7.89. The molecule has 0 spiro atoms. The molecule has 0 aliphatic rings. The molecule has 0 saturated carbocycles. The van der Waals surface area contributed by atoms with Crippen LogP contribution in [0.5, 0.6) is 0 Å². The fraction of sp³-hybridized carbons (Fsp3) is 0.308. The van der Waals surface area contributed by atoms with Gasteiger partial charge in [-0.05, 0) is 31.4 Å². The second-order valence-corrected chi connectivity index (χ2v) is 8.51. The zero-order valence-corrected chi connectivity index (χ0v) is 14.0. The zero-order chi connectivity index (χ0) is 15.6. The summed E-state index contributed by atoms with van der Waals surface area (Å²) >= 11 is 2.41. The summed E-state index contributed by atoms with van der Waals surface area (Å²) < 4.78 is 26.7. The molecular formula is C13H15NO4S3. The number of hydrogen-bond acceptors (Lipinski definition) is 5. The molecule has 0 saturated heterocycles. The van der Waals surface area contributed by atoms with Crippen LogP contribution in [0.2, 0.25) is 0 Å². The maximum absolute atomic E-state index is 12.7. The van der Waals surface area contributed by atoms with Gasteiger partial charge in [-0.15, -0.1) is 22.7 Å². The second-order valence-electron chi connectivity index (χ2n) is 4.68. The van der Waals surface area contributed by atoms with E-state index in [0.29, 0.717) is 0 Å². The van der Waals surface area contributed by atoms with Gasteiger partial charge in [-0.3, -0.25) is 0 Å². The Kier molecular flexibility index (Phi) is 4.82. The lowest BCUT2D eigenvalue weighted by molar-refractivity contribution is 0.0702. The van der Waals surface area contributed by atoms with Crippen molar-refractivity contribution in [2.75, 3.05) is 0 Å². The minimum Gasteiger partial charge on any atom is -0.477 e. The van der Waals surface area contributed by atoms with Crippen molar-refractivity contribution in [3.63, 3.8) is 0 Å². The van der Waals surface area contributed by atoms with Crippen molar-refractivity contribution in [1.82, 2.24) is 4.31 Å². The van der Waals surface area contributed by atoms with Crippen molar-refractivity contribution < 1.29 is 18.3 Å². The van der Waals surface area contributed by atoms with Crippen molar-refractivity contribution in [1.29, 1.82) is 0 Å². The molecule has 0 aliphatic carbocycles. The van der Waals surface area contributed by atoms with E-state index in [1.54, 1.807) is 13.8 Å². The van der Waals surface area contributed by atoms with E-state index in [1.165, 1.54) is 27.1 Å². The number of sulfonamides is 1. The van der Waals surface area contributed by atoms with Gasteiger partial charge in [-0.1, -0.05) is 6.07 Å². The van der Waals surface area contributed by atoms with Gasteiger partial charge in [-0.2, -0.15) is 4.31 Å². The summed E-state index contributed by atoms with van der Waals surface area (Å²) in [5, 5.41) is 12.2. The van der Waals surface area contributed by atoms with E-state index >= 15 is 0 Å². The van der Waals surface area contributed by atoms with Crippen LogP contribution in [-0.4, -0.2) is 29.8 Å².